The molecule has 0 aliphatic carbocycles. The second-order valence-corrected chi connectivity index (χ2v) is 7.60. The van der Waals surface area contributed by atoms with Crippen LogP contribution < -0.4 is 5.32 Å². The molecule has 112 valence electrons. The summed E-state index contributed by atoms with van der Waals surface area (Å²) in [5.74, 6) is 0.368. The van der Waals surface area contributed by atoms with Gasteiger partial charge in [0.1, 0.15) is 4.90 Å². The number of hydrogen-bond donors (Lipinski definition) is 1. The van der Waals surface area contributed by atoms with Crippen LogP contribution in [-0.2, 0) is 10.0 Å². The lowest BCUT2D eigenvalue weighted by atomic mass is 10.00. The zero-order valence-corrected chi connectivity index (χ0v) is 13.5. The van der Waals surface area contributed by atoms with Crippen LogP contribution in [0, 0.1) is 12.8 Å². The Morgan fingerprint density at radius 1 is 1.45 bits per heavy atom. The van der Waals surface area contributed by atoms with Crippen LogP contribution in [-0.4, -0.2) is 39.4 Å². The van der Waals surface area contributed by atoms with Crippen molar-refractivity contribution in [1.29, 1.82) is 0 Å². The maximum Gasteiger partial charge on any atom is 0.244 e. The van der Waals surface area contributed by atoms with E-state index in [0.717, 1.165) is 24.9 Å². The fraction of sp³-hybridized carbons (Fsp3) is 0.571. The number of sulfonamides is 1. The molecule has 1 heterocycles. The second-order valence-electron chi connectivity index (χ2n) is 5.32. The normalized spacial score (nSPS) is 21.1. The molecule has 6 heteroatoms. The molecule has 0 amide bonds. The van der Waals surface area contributed by atoms with Gasteiger partial charge < -0.3 is 5.32 Å². The molecule has 1 fully saturated rings. The number of benzene rings is 1. The fourth-order valence-electron chi connectivity index (χ4n) is 2.66. The Kier molecular flexibility index (Phi) is 5.07. The summed E-state index contributed by atoms with van der Waals surface area (Å²) >= 11 is 6.18. The fourth-order valence-corrected chi connectivity index (χ4v) is 4.77. The molecule has 0 bridgehead atoms. The van der Waals surface area contributed by atoms with E-state index in [1.54, 1.807) is 16.4 Å². The molecule has 4 nitrogen and oxygen atoms in total. The third kappa shape index (κ3) is 3.17. The van der Waals surface area contributed by atoms with Crippen molar-refractivity contribution in [3.05, 3.63) is 28.8 Å². The van der Waals surface area contributed by atoms with Crippen molar-refractivity contribution in [2.45, 2.75) is 24.7 Å². The van der Waals surface area contributed by atoms with E-state index >= 15 is 0 Å². The smallest absolute Gasteiger partial charge is 0.244 e. The SMILES string of the molecule is CNC[C@H]1CCCN(S(=O)(=O)c2cccc(C)c2Cl)C1. The van der Waals surface area contributed by atoms with Crippen molar-refractivity contribution < 1.29 is 8.42 Å². The number of hydrogen-bond acceptors (Lipinski definition) is 3. The predicted octanol–water partition coefficient (Wildman–Crippen LogP) is 2.27. The third-order valence-corrected chi connectivity index (χ3v) is 6.27. The maximum absolute atomic E-state index is 12.7. The monoisotopic (exact) mass is 316 g/mol. The first kappa shape index (κ1) is 15.8. The lowest BCUT2D eigenvalue weighted by molar-refractivity contribution is 0.263. The van der Waals surface area contributed by atoms with E-state index in [-0.39, 0.29) is 4.90 Å². The molecule has 1 aromatic rings. The van der Waals surface area contributed by atoms with E-state index in [2.05, 4.69) is 5.32 Å². The van der Waals surface area contributed by atoms with Crippen LogP contribution in [0.3, 0.4) is 0 Å². The molecule has 0 radical (unpaired) electrons. The molecular formula is C14H21ClN2O2S. The highest BCUT2D eigenvalue weighted by Crippen LogP contribution is 2.29. The van der Waals surface area contributed by atoms with Gasteiger partial charge in [-0.15, -0.1) is 0 Å². The summed E-state index contributed by atoms with van der Waals surface area (Å²) in [7, 11) is -1.60. The van der Waals surface area contributed by atoms with Gasteiger partial charge in [0.05, 0.1) is 5.02 Å². The Balaban J connectivity index is 2.28. The Hall–Kier alpha value is -0.620. The van der Waals surface area contributed by atoms with Gasteiger partial charge in [0.25, 0.3) is 0 Å². The molecule has 1 N–H and O–H groups in total. The minimum Gasteiger partial charge on any atom is -0.319 e. The predicted molar refractivity (Wildman–Crippen MR) is 81.6 cm³/mol. The van der Waals surface area contributed by atoms with Gasteiger partial charge >= 0.3 is 0 Å². The molecule has 1 aliphatic rings. The van der Waals surface area contributed by atoms with Crippen molar-refractivity contribution in [3.8, 4) is 0 Å². The summed E-state index contributed by atoms with van der Waals surface area (Å²) in [4.78, 5) is 0.226. The zero-order valence-electron chi connectivity index (χ0n) is 11.9. The van der Waals surface area contributed by atoms with Gasteiger partial charge in [-0.1, -0.05) is 23.7 Å². The molecule has 1 aliphatic heterocycles. The molecule has 1 aromatic carbocycles. The Morgan fingerprint density at radius 3 is 2.90 bits per heavy atom. The second kappa shape index (κ2) is 6.43. The minimum absolute atomic E-state index is 0.226. The Morgan fingerprint density at radius 2 is 2.20 bits per heavy atom. The average molecular weight is 317 g/mol. The molecule has 0 unspecified atom stereocenters. The molecule has 1 atom stereocenters. The molecular weight excluding hydrogens is 296 g/mol. The minimum atomic E-state index is -3.49. The molecule has 0 spiro atoms. The van der Waals surface area contributed by atoms with Gasteiger partial charge in [-0.25, -0.2) is 8.42 Å². The van der Waals surface area contributed by atoms with Crippen molar-refractivity contribution in [2.75, 3.05) is 26.7 Å². The number of piperidine rings is 1. The van der Waals surface area contributed by atoms with E-state index in [1.807, 2.05) is 20.0 Å². The molecule has 0 saturated carbocycles. The van der Waals surface area contributed by atoms with Crippen LogP contribution in [0.25, 0.3) is 0 Å². The summed E-state index contributed by atoms with van der Waals surface area (Å²) in [5, 5.41) is 3.46. The van der Waals surface area contributed by atoms with Crippen molar-refractivity contribution in [3.63, 3.8) is 0 Å². The van der Waals surface area contributed by atoms with E-state index in [9.17, 15) is 8.42 Å². The Labute approximate surface area is 126 Å². The highest BCUT2D eigenvalue weighted by atomic mass is 35.5. The molecule has 0 aromatic heterocycles. The van der Waals surface area contributed by atoms with E-state index < -0.39 is 10.0 Å². The van der Waals surface area contributed by atoms with Gasteiger partial charge in [-0.2, -0.15) is 4.31 Å². The van der Waals surface area contributed by atoms with Gasteiger partial charge in [-0.3, -0.25) is 0 Å². The number of nitrogens with one attached hydrogen (secondary N) is 1. The van der Waals surface area contributed by atoms with Crippen molar-refractivity contribution in [2.24, 2.45) is 5.92 Å². The van der Waals surface area contributed by atoms with Crippen LogP contribution in [0.15, 0.2) is 23.1 Å². The lowest BCUT2D eigenvalue weighted by Gasteiger charge is -2.32. The number of aryl methyl sites for hydroxylation is 1. The van der Waals surface area contributed by atoms with Gasteiger partial charge in [0.15, 0.2) is 0 Å². The highest BCUT2D eigenvalue weighted by Gasteiger charge is 2.31. The van der Waals surface area contributed by atoms with Crippen LogP contribution in [0.5, 0.6) is 0 Å². The summed E-state index contributed by atoms with van der Waals surface area (Å²) in [6.07, 6.45) is 1.96. The van der Waals surface area contributed by atoms with Gasteiger partial charge in [0.2, 0.25) is 10.0 Å². The first-order valence-electron chi connectivity index (χ1n) is 6.86. The maximum atomic E-state index is 12.7. The topological polar surface area (TPSA) is 49.4 Å². The number of nitrogens with zero attached hydrogens (tertiary/aromatic N) is 1. The summed E-state index contributed by atoms with van der Waals surface area (Å²) in [6, 6.07) is 5.15. The van der Waals surface area contributed by atoms with Gasteiger partial charge in [-0.05, 0) is 50.9 Å². The molecule has 1 saturated heterocycles. The average Bonchev–Trinajstić information content (AvgIpc) is 2.42. The highest BCUT2D eigenvalue weighted by molar-refractivity contribution is 7.89. The largest absolute Gasteiger partial charge is 0.319 e. The number of rotatable bonds is 4. The van der Waals surface area contributed by atoms with Crippen LogP contribution in [0.2, 0.25) is 5.02 Å². The summed E-state index contributed by atoms with van der Waals surface area (Å²) in [5.41, 5.74) is 0.788. The van der Waals surface area contributed by atoms with Crippen LogP contribution in [0.4, 0.5) is 0 Å². The standard InChI is InChI=1S/C14H21ClN2O2S/c1-11-5-3-7-13(14(11)15)20(18,19)17-8-4-6-12(10-17)9-16-2/h3,5,7,12,16H,4,6,8-10H2,1-2H3/t12-/m1/s1. The first-order chi connectivity index (χ1) is 9.46. The van der Waals surface area contributed by atoms with Crippen LogP contribution in [0.1, 0.15) is 18.4 Å². The summed E-state index contributed by atoms with van der Waals surface area (Å²) < 4.78 is 27.0. The first-order valence-corrected chi connectivity index (χ1v) is 8.68. The van der Waals surface area contributed by atoms with E-state index in [1.165, 1.54) is 0 Å². The lowest BCUT2D eigenvalue weighted by Crippen LogP contribution is -2.42. The Bertz CT molecular complexity index is 573. The number of halogens is 1. The van der Waals surface area contributed by atoms with Crippen molar-refractivity contribution in [1.82, 2.24) is 9.62 Å². The summed E-state index contributed by atoms with van der Waals surface area (Å²) in [6.45, 7) is 3.80. The zero-order chi connectivity index (χ0) is 14.8. The van der Waals surface area contributed by atoms with E-state index in [0.29, 0.717) is 24.0 Å². The van der Waals surface area contributed by atoms with E-state index in [4.69, 9.17) is 11.6 Å². The molecule has 2 rings (SSSR count). The van der Waals surface area contributed by atoms with Gasteiger partial charge in [0, 0.05) is 13.1 Å². The molecule has 20 heavy (non-hydrogen) atoms. The third-order valence-electron chi connectivity index (χ3n) is 3.75. The van der Waals surface area contributed by atoms with Crippen molar-refractivity contribution >= 4 is 21.6 Å². The quantitative estimate of drug-likeness (QED) is 0.927. The van der Waals surface area contributed by atoms with Crippen LogP contribution >= 0.6 is 11.6 Å².